The van der Waals surface area contributed by atoms with E-state index in [4.69, 9.17) is 0 Å². The average molecular weight is 351 g/mol. The van der Waals surface area contributed by atoms with E-state index in [2.05, 4.69) is 29.2 Å². The largest absolute Gasteiger partial charge is 0.394 e. The van der Waals surface area contributed by atoms with Crippen LogP contribution in [0, 0.1) is 0 Å². The summed E-state index contributed by atoms with van der Waals surface area (Å²) in [5.41, 5.74) is 3.27. The van der Waals surface area contributed by atoms with E-state index in [1.807, 2.05) is 12.1 Å². The Balaban J connectivity index is 1.60. The van der Waals surface area contributed by atoms with Crippen molar-refractivity contribution in [2.24, 2.45) is 0 Å². The first-order valence-corrected chi connectivity index (χ1v) is 8.78. The fraction of sp³-hybridized carbons (Fsp3) is 0.350. The number of carbonyl (C=O) groups excluding carboxylic acids is 2. The summed E-state index contributed by atoms with van der Waals surface area (Å²) in [6.45, 7) is 2.05. The molecular formula is C20H21N3O3. The van der Waals surface area contributed by atoms with Gasteiger partial charge in [-0.1, -0.05) is 24.3 Å². The molecule has 0 saturated carbocycles. The lowest BCUT2D eigenvalue weighted by Gasteiger charge is -2.58. The molecular weight excluding hydrogens is 330 g/mol. The van der Waals surface area contributed by atoms with Crippen molar-refractivity contribution in [1.29, 1.82) is 0 Å². The van der Waals surface area contributed by atoms with Gasteiger partial charge in [-0.05, 0) is 28.8 Å². The van der Waals surface area contributed by atoms with Crippen LogP contribution in [0.15, 0.2) is 48.8 Å². The zero-order valence-corrected chi connectivity index (χ0v) is 14.6. The molecule has 0 bridgehead atoms. The lowest BCUT2D eigenvalue weighted by atomic mass is 9.73. The number of benzene rings is 1. The van der Waals surface area contributed by atoms with Crippen LogP contribution < -0.4 is 0 Å². The number of carbonyl (C=O) groups is 2. The first-order chi connectivity index (χ1) is 12.6. The van der Waals surface area contributed by atoms with Crippen LogP contribution in [0.25, 0.3) is 11.1 Å². The van der Waals surface area contributed by atoms with Crippen molar-refractivity contribution in [2.75, 3.05) is 19.7 Å². The van der Waals surface area contributed by atoms with Gasteiger partial charge in [-0.2, -0.15) is 0 Å². The molecule has 2 aromatic rings. The van der Waals surface area contributed by atoms with Gasteiger partial charge in [0.1, 0.15) is 0 Å². The Kier molecular flexibility index (Phi) is 4.20. The highest BCUT2D eigenvalue weighted by Gasteiger charge is 2.54. The van der Waals surface area contributed by atoms with Gasteiger partial charge in [0.25, 0.3) is 0 Å². The third-order valence-corrected chi connectivity index (χ3v) is 5.51. The standard InChI is InChI=1S/C20H21N3O3/c1-13(25)22-10-17-20(18(12-24)23(17)19(26)11-22)16-4-2-14(3-5-16)15-6-8-21-9-7-15/h2-9,17-18,20,24H,10-12H2,1H3/t17-,18+,20-/m0/s1. The first kappa shape index (κ1) is 16.7. The summed E-state index contributed by atoms with van der Waals surface area (Å²) in [5.74, 6) is -0.130. The summed E-state index contributed by atoms with van der Waals surface area (Å²) >= 11 is 0. The summed E-state index contributed by atoms with van der Waals surface area (Å²) in [7, 11) is 0. The zero-order chi connectivity index (χ0) is 18.3. The maximum Gasteiger partial charge on any atom is 0.242 e. The van der Waals surface area contributed by atoms with Gasteiger partial charge >= 0.3 is 0 Å². The van der Waals surface area contributed by atoms with E-state index >= 15 is 0 Å². The second-order valence-corrected chi connectivity index (χ2v) is 6.90. The molecule has 0 radical (unpaired) electrons. The third kappa shape index (κ3) is 2.66. The van der Waals surface area contributed by atoms with Crippen molar-refractivity contribution < 1.29 is 14.7 Å². The number of aliphatic hydroxyl groups is 1. The number of rotatable bonds is 3. The van der Waals surface area contributed by atoms with E-state index in [1.54, 1.807) is 22.2 Å². The van der Waals surface area contributed by atoms with Gasteiger partial charge in [-0.15, -0.1) is 0 Å². The molecule has 0 spiro atoms. The monoisotopic (exact) mass is 351 g/mol. The van der Waals surface area contributed by atoms with Gasteiger partial charge in [-0.25, -0.2) is 0 Å². The predicted octanol–water partition coefficient (Wildman–Crippen LogP) is 1.27. The number of aliphatic hydroxyl groups excluding tert-OH is 1. The van der Waals surface area contributed by atoms with Crippen LogP contribution in [0.2, 0.25) is 0 Å². The molecule has 4 rings (SSSR count). The van der Waals surface area contributed by atoms with E-state index in [0.717, 1.165) is 16.7 Å². The fourth-order valence-electron chi connectivity index (χ4n) is 4.18. The smallest absolute Gasteiger partial charge is 0.242 e. The van der Waals surface area contributed by atoms with E-state index in [0.29, 0.717) is 6.54 Å². The van der Waals surface area contributed by atoms with Gasteiger partial charge < -0.3 is 14.9 Å². The Labute approximate surface area is 152 Å². The topological polar surface area (TPSA) is 73.7 Å². The minimum atomic E-state index is -0.214. The number of amides is 2. The molecule has 6 heteroatoms. The first-order valence-electron chi connectivity index (χ1n) is 8.78. The van der Waals surface area contributed by atoms with Crippen molar-refractivity contribution >= 4 is 11.8 Å². The molecule has 0 aliphatic carbocycles. The minimum Gasteiger partial charge on any atom is -0.394 e. The highest BCUT2D eigenvalue weighted by atomic mass is 16.3. The van der Waals surface area contributed by atoms with Crippen molar-refractivity contribution in [3.63, 3.8) is 0 Å². The summed E-state index contributed by atoms with van der Waals surface area (Å²) in [6, 6.07) is 11.8. The lowest BCUT2D eigenvalue weighted by molar-refractivity contribution is -0.166. The van der Waals surface area contributed by atoms with E-state index in [9.17, 15) is 14.7 Å². The average Bonchev–Trinajstić information content (AvgIpc) is 2.64. The summed E-state index contributed by atoms with van der Waals surface area (Å²) in [6.07, 6.45) is 3.53. The number of nitrogens with zero attached hydrogens (tertiary/aromatic N) is 3. The van der Waals surface area contributed by atoms with Gasteiger partial charge in [0, 0.05) is 31.8 Å². The molecule has 1 aromatic carbocycles. The molecule has 0 unspecified atom stereocenters. The second kappa shape index (κ2) is 6.53. The van der Waals surface area contributed by atoms with Crippen molar-refractivity contribution in [1.82, 2.24) is 14.8 Å². The molecule has 2 saturated heterocycles. The molecule has 3 atom stereocenters. The van der Waals surface area contributed by atoms with Crippen LogP contribution in [0.1, 0.15) is 18.4 Å². The Bertz CT molecular complexity index is 822. The summed E-state index contributed by atoms with van der Waals surface area (Å²) in [5, 5.41) is 9.80. The van der Waals surface area contributed by atoms with E-state index < -0.39 is 0 Å². The predicted molar refractivity (Wildman–Crippen MR) is 96.2 cm³/mol. The molecule has 134 valence electrons. The van der Waals surface area contributed by atoms with Gasteiger partial charge in [-0.3, -0.25) is 14.6 Å². The third-order valence-electron chi connectivity index (χ3n) is 5.51. The normalized spacial score (nSPS) is 24.8. The Morgan fingerprint density at radius 1 is 1.15 bits per heavy atom. The van der Waals surface area contributed by atoms with Crippen LogP contribution >= 0.6 is 0 Å². The SMILES string of the molecule is CC(=O)N1CC(=O)N2[C@H](CO)[C@@H](c3ccc(-c4ccncc4)cc3)[C@@H]2C1. The molecule has 2 aliphatic rings. The summed E-state index contributed by atoms with van der Waals surface area (Å²) < 4.78 is 0. The molecule has 2 amide bonds. The number of hydrogen-bond donors (Lipinski definition) is 1. The molecule has 2 fully saturated rings. The Hall–Kier alpha value is -2.73. The highest BCUT2D eigenvalue weighted by molar-refractivity contribution is 5.87. The molecule has 6 nitrogen and oxygen atoms in total. The number of piperazine rings is 1. The van der Waals surface area contributed by atoms with E-state index in [1.165, 1.54) is 6.92 Å². The number of fused-ring (bicyclic) bond motifs is 1. The van der Waals surface area contributed by atoms with Crippen LogP contribution in [-0.2, 0) is 9.59 Å². The molecule has 2 aliphatic heterocycles. The number of aromatic nitrogens is 1. The molecule has 26 heavy (non-hydrogen) atoms. The van der Waals surface area contributed by atoms with Gasteiger partial charge in [0.15, 0.2) is 0 Å². The molecule has 3 heterocycles. The fourth-order valence-corrected chi connectivity index (χ4v) is 4.18. The molecule has 1 N–H and O–H groups in total. The van der Waals surface area contributed by atoms with Gasteiger partial charge in [0.05, 0.1) is 25.2 Å². The van der Waals surface area contributed by atoms with E-state index in [-0.39, 0.29) is 43.0 Å². The number of hydrogen-bond acceptors (Lipinski definition) is 4. The van der Waals surface area contributed by atoms with Crippen molar-refractivity contribution in [2.45, 2.75) is 24.9 Å². The maximum atomic E-state index is 12.4. The van der Waals surface area contributed by atoms with Crippen LogP contribution in [-0.4, -0.2) is 63.5 Å². The van der Waals surface area contributed by atoms with Crippen LogP contribution in [0.4, 0.5) is 0 Å². The minimum absolute atomic E-state index is 0.0394. The second-order valence-electron chi connectivity index (χ2n) is 6.90. The summed E-state index contributed by atoms with van der Waals surface area (Å²) in [4.78, 5) is 31.5. The lowest BCUT2D eigenvalue weighted by Crippen LogP contribution is -2.73. The Morgan fingerprint density at radius 3 is 2.42 bits per heavy atom. The zero-order valence-electron chi connectivity index (χ0n) is 14.6. The van der Waals surface area contributed by atoms with Gasteiger partial charge in [0.2, 0.25) is 11.8 Å². The van der Waals surface area contributed by atoms with Crippen molar-refractivity contribution in [3.8, 4) is 11.1 Å². The highest BCUT2D eigenvalue weighted by Crippen LogP contribution is 2.43. The number of pyridine rings is 1. The molecule has 1 aromatic heterocycles. The maximum absolute atomic E-state index is 12.4. The van der Waals surface area contributed by atoms with Crippen LogP contribution in [0.3, 0.4) is 0 Å². The Morgan fingerprint density at radius 2 is 1.81 bits per heavy atom. The van der Waals surface area contributed by atoms with Crippen LogP contribution in [0.5, 0.6) is 0 Å². The van der Waals surface area contributed by atoms with Crippen molar-refractivity contribution in [3.05, 3.63) is 54.4 Å². The quantitative estimate of drug-likeness (QED) is 0.904.